The van der Waals surface area contributed by atoms with Crippen molar-refractivity contribution in [3.63, 3.8) is 0 Å². The van der Waals surface area contributed by atoms with E-state index in [9.17, 15) is 13.6 Å². The van der Waals surface area contributed by atoms with Crippen LogP contribution in [0.2, 0.25) is 0 Å². The summed E-state index contributed by atoms with van der Waals surface area (Å²) in [6.07, 6.45) is 1.74. The summed E-state index contributed by atoms with van der Waals surface area (Å²) in [6, 6.07) is 18.9. The van der Waals surface area contributed by atoms with Crippen molar-refractivity contribution in [2.45, 2.75) is 6.92 Å². The number of benzene rings is 3. The van der Waals surface area contributed by atoms with Crippen LogP contribution in [0.3, 0.4) is 0 Å². The molecule has 1 aliphatic heterocycles. The van der Waals surface area contributed by atoms with Gasteiger partial charge in [0, 0.05) is 5.56 Å². The molecule has 0 bridgehead atoms. The minimum absolute atomic E-state index is 0.343. The number of carbonyl (C=O) groups is 1. The molecule has 0 aromatic heterocycles. The Kier molecular flexibility index (Phi) is 3.88. The van der Waals surface area contributed by atoms with Gasteiger partial charge in [-0.25, -0.2) is 8.78 Å². The molecule has 3 aromatic rings. The lowest BCUT2D eigenvalue weighted by atomic mass is 10.0. The molecule has 3 aromatic carbocycles. The number of carbonyl (C=O) groups excluding carboxylic acids is 1. The molecular weight excluding hydrogens is 332 g/mol. The maximum Gasteiger partial charge on any atom is 0.263 e. The number of rotatable bonds is 2. The highest BCUT2D eigenvalue weighted by molar-refractivity contribution is 6.38. The Hall–Kier alpha value is -3.27. The van der Waals surface area contributed by atoms with Gasteiger partial charge in [0.25, 0.3) is 5.91 Å². The van der Waals surface area contributed by atoms with Crippen LogP contribution in [0.15, 0.2) is 66.7 Å². The molecular formula is C22H15F2NO. The van der Waals surface area contributed by atoms with Gasteiger partial charge in [0.15, 0.2) is 11.6 Å². The lowest BCUT2D eigenvalue weighted by molar-refractivity contribution is -0.112. The van der Waals surface area contributed by atoms with Crippen molar-refractivity contribution in [3.05, 3.63) is 95.1 Å². The highest BCUT2D eigenvalue weighted by Crippen LogP contribution is 2.43. The van der Waals surface area contributed by atoms with E-state index < -0.39 is 17.5 Å². The molecule has 128 valence electrons. The molecule has 0 aliphatic carbocycles. The first kappa shape index (κ1) is 16.2. The largest absolute Gasteiger partial charge is 0.270 e. The van der Waals surface area contributed by atoms with E-state index in [0.29, 0.717) is 22.4 Å². The van der Waals surface area contributed by atoms with Gasteiger partial charge in [-0.1, -0.05) is 48.5 Å². The van der Waals surface area contributed by atoms with Crippen molar-refractivity contribution < 1.29 is 13.6 Å². The van der Waals surface area contributed by atoms with Crippen LogP contribution in [-0.2, 0) is 4.79 Å². The summed E-state index contributed by atoms with van der Waals surface area (Å²) in [4.78, 5) is 14.2. The van der Waals surface area contributed by atoms with E-state index >= 15 is 0 Å². The van der Waals surface area contributed by atoms with Crippen LogP contribution in [0.5, 0.6) is 0 Å². The second-order valence-corrected chi connectivity index (χ2v) is 6.20. The fourth-order valence-electron chi connectivity index (χ4n) is 3.22. The standard InChI is InChI=1S/C22H15F2NO/c1-14-11-18(23)21(19(24)12-14)25-20-10-6-5-9-16(20)17(22(25)26)13-15-7-3-2-4-8-15/h2-13H,1H3. The van der Waals surface area contributed by atoms with Gasteiger partial charge < -0.3 is 0 Å². The van der Waals surface area contributed by atoms with E-state index in [0.717, 1.165) is 10.5 Å². The molecule has 26 heavy (non-hydrogen) atoms. The maximum absolute atomic E-state index is 14.5. The number of anilines is 2. The number of para-hydroxylation sites is 1. The maximum atomic E-state index is 14.5. The van der Waals surface area contributed by atoms with Crippen LogP contribution < -0.4 is 4.90 Å². The van der Waals surface area contributed by atoms with Gasteiger partial charge in [-0.05, 0) is 42.3 Å². The Labute approximate surface area is 150 Å². The summed E-state index contributed by atoms with van der Waals surface area (Å²) in [5, 5.41) is 0. The van der Waals surface area contributed by atoms with Gasteiger partial charge in [0.1, 0.15) is 5.69 Å². The fraction of sp³-hybridized carbons (Fsp3) is 0.0455. The van der Waals surface area contributed by atoms with Crippen molar-refractivity contribution in [1.82, 2.24) is 0 Å². The number of hydrogen-bond donors (Lipinski definition) is 0. The van der Waals surface area contributed by atoms with E-state index in [2.05, 4.69) is 0 Å². The molecule has 0 saturated carbocycles. The molecule has 2 nitrogen and oxygen atoms in total. The Morgan fingerprint density at radius 2 is 1.50 bits per heavy atom. The molecule has 0 unspecified atom stereocenters. The summed E-state index contributed by atoms with van der Waals surface area (Å²) < 4.78 is 29.1. The molecule has 0 saturated heterocycles. The third-order valence-electron chi connectivity index (χ3n) is 4.36. The average molecular weight is 347 g/mol. The lowest BCUT2D eigenvalue weighted by Crippen LogP contribution is -2.23. The molecule has 0 N–H and O–H groups in total. The third kappa shape index (κ3) is 2.60. The molecule has 1 aliphatic rings. The quantitative estimate of drug-likeness (QED) is 0.561. The third-order valence-corrected chi connectivity index (χ3v) is 4.36. The Morgan fingerprint density at radius 3 is 2.19 bits per heavy atom. The topological polar surface area (TPSA) is 20.3 Å². The minimum Gasteiger partial charge on any atom is -0.270 e. The van der Waals surface area contributed by atoms with Gasteiger partial charge in [-0.2, -0.15) is 0 Å². The SMILES string of the molecule is Cc1cc(F)c(N2C(=O)C(=Cc3ccccc3)c3ccccc32)c(F)c1. The number of halogens is 2. The molecule has 1 heterocycles. The van der Waals surface area contributed by atoms with Crippen LogP contribution in [0.4, 0.5) is 20.2 Å². The Morgan fingerprint density at radius 1 is 0.885 bits per heavy atom. The highest BCUT2D eigenvalue weighted by atomic mass is 19.1. The predicted octanol–water partition coefficient (Wildman–Crippen LogP) is 5.49. The monoisotopic (exact) mass is 347 g/mol. The van der Waals surface area contributed by atoms with Crippen molar-refractivity contribution >= 4 is 28.9 Å². The zero-order valence-corrected chi connectivity index (χ0v) is 14.0. The molecule has 4 rings (SSSR count). The fourth-order valence-corrected chi connectivity index (χ4v) is 3.22. The summed E-state index contributed by atoms with van der Waals surface area (Å²) in [5.41, 5.74) is 2.50. The zero-order chi connectivity index (χ0) is 18.3. The van der Waals surface area contributed by atoms with Crippen molar-refractivity contribution in [2.75, 3.05) is 4.90 Å². The Balaban J connectivity index is 1.92. The number of fused-ring (bicyclic) bond motifs is 1. The number of hydrogen-bond acceptors (Lipinski definition) is 1. The van der Waals surface area contributed by atoms with E-state index in [-0.39, 0.29) is 5.69 Å². The second kappa shape index (κ2) is 6.23. The average Bonchev–Trinajstić information content (AvgIpc) is 2.88. The first-order chi connectivity index (χ1) is 12.6. The zero-order valence-electron chi connectivity index (χ0n) is 14.0. The molecule has 0 atom stereocenters. The van der Waals surface area contributed by atoms with Crippen molar-refractivity contribution in [3.8, 4) is 0 Å². The molecule has 0 fully saturated rings. The summed E-state index contributed by atoms with van der Waals surface area (Å²) in [7, 11) is 0. The predicted molar refractivity (Wildman–Crippen MR) is 99.0 cm³/mol. The molecule has 4 heteroatoms. The normalized spacial score (nSPS) is 14.8. The van der Waals surface area contributed by atoms with Gasteiger partial charge in [0.2, 0.25) is 0 Å². The van der Waals surface area contributed by atoms with Crippen LogP contribution in [-0.4, -0.2) is 5.91 Å². The summed E-state index contributed by atoms with van der Waals surface area (Å²) in [5.74, 6) is -1.96. The van der Waals surface area contributed by atoms with Crippen LogP contribution in [0.25, 0.3) is 11.6 Å². The van der Waals surface area contributed by atoms with Gasteiger partial charge in [-0.3, -0.25) is 9.69 Å². The smallest absolute Gasteiger partial charge is 0.263 e. The van der Waals surface area contributed by atoms with Crippen LogP contribution in [0, 0.1) is 18.6 Å². The number of aryl methyl sites for hydroxylation is 1. The van der Waals surface area contributed by atoms with Gasteiger partial charge >= 0.3 is 0 Å². The molecule has 0 radical (unpaired) electrons. The van der Waals surface area contributed by atoms with Crippen LogP contribution in [0.1, 0.15) is 16.7 Å². The number of nitrogens with zero attached hydrogens (tertiary/aromatic N) is 1. The van der Waals surface area contributed by atoms with E-state index in [1.165, 1.54) is 12.1 Å². The molecule has 0 spiro atoms. The highest BCUT2D eigenvalue weighted by Gasteiger charge is 2.36. The summed E-state index contributed by atoms with van der Waals surface area (Å²) in [6.45, 7) is 1.61. The first-order valence-electron chi connectivity index (χ1n) is 8.22. The molecule has 1 amide bonds. The Bertz CT molecular complexity index is 1020. The van der Waals surface area contributed by atoms with Crippen molar-refractivity contribution in [2.24, 2.45) is 0 Å². The van der Waals surface area contributed by atoms with Gasteiger partial charge in [0.05, 0.1) is 11.3 Å². The van der Waals surface area contributed by atoms with E-state index in [1.807, 2.05) is 30.3 Å². The first-order valence-corrected chi connectivity index (χ1v) is 8.22. The second-order valence-electron chi connectivity index (χ2n) is 6.20. The van der Waals surface area contributed by atoms with E-state index in [4.69, 9.17) is 0 Å². The lowest BCUT2D eigenvalue weighted by Gasteiger charge is -2.19. The van der Waals surface area contributed by atoms with Crippen LogP contribution >= 0.6 is 0 Å². The van der Waals surface area contributed by atoms with E-state index in [1.54, 1.807) is 37.3 Å². The van der Waals surface area contributed by atoms with Crippen molar-refractivity contribution in [1.29, 1.82) is 0 Å². The number of amides is 1. The minimum atomic E-state index is -0.758. The van der Waals surface area contributed by atoms with Gasteiger partial charge in [-0.15, -0.1) is 0 Å². The summed E-state index contributed by atoms with van der Waals surface area (Å²) >= 11 is 0.